The summed E-state index contributed by atoms with van der Waals surface area (Å²) >= 11 is 0. The van der Waals surface area contributed by atoms with Gasteiger partial charge in [0.1, 0.15) is 6.10 Å². The maximum atomic E-state index is 12.8. The number of aliphatic hydroxyl groups excluding tert-OH is 1. The smallest absolute Gasteiger partial charge is 0.336 e. The highest BCUT2D eigenvalue weighted by Crippen LogP contribution is 2.44. The van der Waals surface area contributed by atoms with Crippen LogP contribution in [0.3, 0.4) is 0 Å². The summed E-state index contributed by atoms with van der Waals surface area (Å²) < 4.78 is 10.7. The number of azide groups is 1. The Labute approximate surface area is 183 Å². The molecule has 14 heteroatoms. The minimum absolute atomic E-state index is 0.762. The highest BCUT2D eigenvalue weighted by atomic mass is 16.6. The van der Waals surface area contributed by atoms with Gasteiger partial charge in [0.05, 0.1) is 11.6 Å². The number of nitrogens with one attached hydrogen (secondary N) is 1. The maximum Gasteiger partial charge on any atom is 0.336 e. The van der Waals surface area contributed by atoms with Crippen LogP contribution in [0, 0.1) is 0 Å². The van der Waals surface area contributed by atoms with Gasteiger partial charge in [-0.2, -0.15) is 0 Å². The van der Waals surface area contributed by atoms with Crippen LogP contribution in [0.2, 0.25) is 0 Å². The molecule has 0 aromatic heterocycles. The first kappa shape index (κ1) is 27.4. The Bertz CT molecular complexity index is 834. The van der Waals surface area contributed by atoms with Gasteiger partial charge in [0.15, 0.2) is 41.2 Å². The number of carboxylic acids is 1. The van der Waals surface area contributed by atoms with Gasteiger partial charge in [0, 0.05) is 11.8 Å². The average molecular weight is 460 g/mol. The van der Waals surface area contributed by atoms with Crippen molar-refractivity contribution in [1.29, 1.82) is 0 Å². The maximum absolute atomic E-state index is 12.8. The summed E-state index contributed by atoms with van der Waals surface area (Å²) in [4.78, 5) is 51.9. The summed E-state index contributed by atoms with van der Waals surface area (Å²) in [6, 6.07) is -2.03. The fourth-order valence-electron chi connectivity index (χ4n) is 3.54. The molecule has 0 radical (unpaired) electrons. The Morgan fingerprint density at radius 3 is 2.09 bits per heavy atom. The second-order valence-corrected chi connectivity index (χ2v) is 8.46. The Balaban J connectivity index is 4.05. The molecule has 1 amide bonds. The van der Waals surface area contributed by atoms with Crippen molar-refractivity contribution in [3.05, 3.63) is 10.4 Å². The predicted molar refractivity (Wildman–Crippen MR) is 105 cm³/mol. The monoisotopic (exact) mass is 460 g/mol. The number of aliphatic carboxylic acids is 1. The van der Waals surface area contributed by atoms with Crippen molar-refractivity contribution < 1.29 is 49.1 Å². The van der Waals surface area contributed by atoms with E-state index in [0.717, 1.165) is 20.8 Å². The fourth-order valence-corrected chi connectivity index (χ4v) is 3.54. The normalized spacial score (nSPS) is 32.2. The molecular weight excluding hydrogens is 432 g/mol. The third kappa shape index (κ3) is 4.90. The van der Waals surface area contributed by atoms with Crippen LogP contribution in [-0.4, -0.2) is 91.3 Å². The van der Waals surface area contributed by atoms with Gasteiger partial charge in [-0.05, 0) is 40.1 Å². The first-order valence-electron chi connectivity index (χ1n) is 9.50. The standard InChI is InChI=1S/C18H28N4O10/c1-7(23)10(26)12-18(30,13(15(27)28)32-16(4,5)6)17(29,8(2)24)11(20-9(3)25)14(31-12)21-22-19/h7,11-14,23,29-30H,1-6H3,(H,20,25)(H,27,28)/t7?,11-,12+,13?,14+,17+,18-/m0/s1. The van der Waals surface area contributed by atoms with Crippen LogP contribution in [0.15, 0.2) is 5.11 Å². The molecular formula is C18H28N4O10. The largest absolute Gasteiger partial charge is 0.479 e. The summed E-state index contributed by atoms with van der Waals surface area (Å²) in [6.07, 6.45) is -8.71. The lowest BCUT2D eigenvalue weighted by atomic mass is 9.64. The van der Waals surface area contributed by atoms with E-state index in [4.69, 9.17) is 15.0 Å². The van der Waals surface area contributed by atoms with E-state index in [-0.39, 0.29) is 0 Å². The molecule has 14 nitrogen and oxygen atoms in total. The Morgan fingerprint density at radius 2 is 1.75 bits per heavy atom. The SMILES string of the molecule is CC(=O)N[C@H]1[C@H](N=[N+]=[N-])O[C@H](C(=O)C(C)O)[C@](O)(C(OC(C)(C)C)C(=O)O)[C@@]1(O)C(C)=O. The molecule has 0 spiro atoms. The molecule has 1 fully saturated rings. The molecule has 0 aliphatic carbocycles. The van der Waals surface area contributed by atoms with E-state index in [0.29, 0.717) is 0 Å². The third-order valence-corrected chi connectivity index (χ3v) is 4.85. The number of rotatable bonds is 8. The molecule has 0 aromatic rings. The van der Waals surface area contributed by atoms with Crippen molar-refractivity contribution in [3.63, 3.8) is 0 Å². The zero-order chi connectivity index (χ0) is 25.2. The Hall–Kier alpha value is -2.61. The molecule has 1 saturated heterocycles. The number of carboxylic acid groups (broad SMARTS) is 1. The lowest BCUT2D eigenvalue weighted by Crippen LogP contribution is -2.85. The van der Waals surface area contributed by atoms with E-state index in [2.05, 4.69) is 15.3 Å². The van der Waals surface area contributed by atoms with Gasteiger partial charge in [-0.1, -0.05) is 5.11 Å². The van der Waals surface area contributed by atoms with Gasteiger partial charge in [-0.25, -0.2) is 4.79 Å². The van der Waals surface area contributed by atoms with E-state index in [9.17, 15) is 39.6 Å². The number of nitrogens with zero attached hydrogens (tertiary/aromatic N) is 3. The van der Waals surface area contributed by atoms with Crippen molar-refractivity contribution >= 4 is 23.4 Å². The molecule has 1 heterocycles. The van der Waals surface area contributed by atoms with Gasteiger partial charge in [-0.15, -0.1) is 0 Å². The van der Waals surface area contributed by atoms with Crippen molar-refractivity contribution in [2.75, 3.05) is 0 Å². The molecule has 32 heavy (non-hydrogen) atoms. The van der Waals surface area contributed by atoms with Gasteiger partial charge in [-0.3, -0.25) is 14.4 Å². The molecule has 0 aromatic carbocycles. The number of hydrogen-bond donors (Lipinski definition) is 5. The molecule has 180 valence electrons. The van der Waals surface area contributed by atoms with Crippen molar-refractivity contribution in [2.24, 2.45) is 5.11 Å². The van der Waals surface area contributed by atoms with Crippen LogP contribution >= 0.6 is 0 Å². The summed E-state index contributed by atoms with van der Waals surface area (Å²) in [7, 11) is 0. The Morgan fingerprint density at radius 1 is 1.22 bits per heavy atom. The first-order valence-corrected chi connectivity index (χ1v) is 9.50. The molecule has 1 aliphatic rings. The molecule has 1 aliphatic heterocycles. The van der Waals surface area contributed by atoms with Crippen LogP contribution in [0.5, 0.6) is 0 Å². The quantitative estimate of drug-likeness (QED) is 0.165. The highest BCUT2D eigenvalue weighted by molar-refractivity contribution is 5.96. The van der Waals surface area contributed by atoms with Crippen LogP contribution < -0.4 is 5.32 Å². The van der Waals surface area contributed by atoms with E-state index in [1.165, 1.54) is 20.8 Å². The highest BCUT2D eigenvalue weighted by Gasteiger charge is 2.74. The van der Waals surface area contributed by atoms with Gasteiger partial charge >= 0.3 is 5.97 Å². The molecule has 2 unspecified atom stereocenters. The van der Waals surface area contributed by atoms with Crippen molar-refractivity contribution in [3.8, 4) is 0 Å². The van der Waals surface area contributed by atoms with E-state index < -0.39 is 70.8 Å². The van der Waals surface area contributed by atoms with E-state index in [1.54, 1.807) is 0 Å². The zero-order valence-corrected chi connectivity index (χ0v) is 18.5. The number of ketones is 2. The lowest BCUT2D eigenvalue weighted by molar-refractivity contribution is -0.306. The number of carbonyl (C=O) groups excluding carboxylic acids is 3. The average Bonchev–Trinajstić information content (AvgIpc) is 2.63. The summed E-state index contributed by atoms with van der Waals surface area (Å²) in [5.41, 5.74) is 0.919. The lowest BCUT2D eigenvalue weighted by Gasteiger charge is -2.56. The minimum atomic E-state index is -3.39. The zero-order valence-electron chi connectivity index (χ0n) is 18.5. The first-order chi connectivity index (χ1) is 14.4. The van der Waals surface area contributed by atoms with Gasteiger partial charge in [0.25, 0.3) is 0 Å². The van der Waals surface area contributed by atoms with E-state index >= 15 is 0 Å². The predicted octanol–water partition coefficient (Wildman–Crippen LogP) is -1.20. The molecule has 1 rings (SSSR count). The number of hydrogen-bond acceptors (Lipinski definition) is 10. The summed E-state index contributed by atoms with van der Waals surface area (Å²) in [5.74, 6) is -5.40. The van der Waals surface area contributed by atoms with Gasteiger partial charge in [0.2, 0.25) is 5.91 Å². The van der Waals surface area contributed by atoms with Crippen molar-refractivity contribution in [1.82, 2.24) is 5.32 Å². The summed E-state index contributed by atoms with van der Waals surface area (Å²) in [6.45, 7) is 6.92. The fraction of sp³-hybridized carbons (Fsp3) is 0.778. The van der Waals surface area contributed by atoms with Crippen LogP contribution in [-0.2, 0) is 28.7 Å². The number of aliphatic hydroxyl groups is 3. The minimum Gasteiger partial charge on any atom is -0.479 e. The third-order valence-electron chi connectivity index (χ3n) is 4.85. The number of ether oxygens (including phenoxy) is 2. The van der Waals surface area contributed by atoms with E-state index in [1.807, 2.05) is 0 Å². The molecule has 5 N–H and O–H groups in total. The number of Topliss-reactive ketones (excluding diaryl/α,β-unsaturated/α-hetero) is 2. The van der Waals surface area contributed by atoms with Crippen LogP contribution in [0.4, 0.5) is 0 Å². The number of amides is 1. The second kappa shape index (κ2) is 9.48. The summed E-state index contributed by atoms with van der Waals surface area (Å²) in [5, 5.41) is 48.2. The molecule has 7 atom stereocenters. The van der Waals surface area contributed by atoms with Gasteiger partial charge < -0.3 is 35.2 Å². The Kier molecular flexibility index (Phi) is 8.13. The molecule has 0 saturated carbocycles. The molecule has 0 bridgehead atoms. The topological polar surface area (TPSA) is 228 Å². The second-order valence-electron chi connectivity index (χ2n) is 8.46. The van der Waals surface area contributed by atoms with Crippen molar-refractivity contribution in [2.45, 2.75) is 88.9 Å². The van der Waals surface area contributed by atoms with Crippen LogP contribution in [0.25, 0.3) is 10.4 Å². The number of carbonyl (C=O) groups is 4. The van der Waals surface area contributed by atoms with Crippen LogP contribution in [0.1, 0.15) is 41.5 Å².